The second-order valence-corrected chi connectivity index (χ2v) is 2.24. The molecule has 0 saturated heterocycles. The van der Waals surface area contributed by atoms with E-state index >= 15 is 0 Å². The van der Waals surface area contributed by atoms with Crippen LogP contribution in [0.1, 0.15) is 0 Å². The molecule has 6 heavy (non-hydrogen) atoms. The fourth-order valence-corrected chi connectivity index (χ4v) is 0.621. The molecule has 0 atom stereocenters. The van der Waals surface area contributed by atoms with Crippen molar-refractivity contribution >= 4 is 22.3 Å². The summed E-state index contributed by atoms with van der Waals surface area (Å²) in [5.41, 5.74) is 0. The van der Waals surface area contributed by atoms with E-state index in [9.17, 15) is 8.42 Å². The van der Waals surface area contributed by atoms with Crippen molar-refractivity contribution in [3.05, 3.63) is 0 Å². The SMILES string of the molecule is O=[SH](=O)CCCl. The normalized spacial score (nSPS) is 9.67. The third kappa shape index (κ3) is 4.24. The van der Waals surface area contributed by atoms with Crippen LogP contribution in [-0.4, -0.2) is 20.1 Å². The van der Waals surface area contributed by atoms with Gasteiger partial charge < -0.3 is 0 Å². The third-order valence-corrected chi connectivity index (χ3v) is 1.31. The van der Waals surface area contributed by atoms with E-state index in [1.165, 1.54) is 0 Å². The lowest BCUT2D eigenvalue weighted by molar-refractivity contribution is 0.616. The molecule has 0 bridgehead atoms. The summed E-state index contributed by atoms with van der Waals surface area (Å²) >= 11 is 5.01. The van der Waals surface area contributed by atoms with Crippen molar-refractivity contribution in [2.75, 3.05) is 11.6 Å². The molecule has 0 aliphatic heterocycles. The number of rotatable bonds is 2. The van der Waals surface area contributed by atoms with Crippen LogP contribution in [0, 0.1) is 0 Å². The van der Waals surface area contributed by atoms with Gasteiger partial charge in [-0.1, -0.05) is 0 Å². The molecule has 0 aromatic rings. The van der Waals surface area contributed by atoms with Gasteiger partial charge in [0.25, 0.3) is 0 Å². The van der Waals surface area contributed by atoms with Crippen LogP contribution >= 0.6 is 11.6 Å². The lowest BCUT2D eigenvalue weighted by atomic mass is 11.0. The van der Waals surface area contributed by atoms with E-state index in [2.05, 4.69) is 0 Å². The fraction of sp³-hybridized carbons (Fsp3) is 1.00. The summed E-state index contributed by atoms with van der Waals surface area (Å²) in [5, 5.41) is 0. The minimum absolute atomic E-state index is 0.0941. The van der Waals surface area contributed by atoms with E-state index in [4.69, 9.17) is 11.6 Å². The number of halogens is 1. The van der Waals surface area contributed by atoms with Gasteiger partial charge in [-0.05, 0) is 0 Å². The maximum Gasteiger partial charge on any atom is 0.141 e. The molecule has 0 spiro atoms. The molecule has 0 amide bonds. The topological polar surface area (TPSA) is 34.1 Å². The number of hydrogen-bond acceptors (Lipinski definition) is 2. The summed E-state index contributed by atoms with van der Waals surface area (Å²) in [5.74, 6) is 0.301. The quantitative estimate of drug-likeness (QED) is 0.414. The van der Waals surface area contributed by atoms with Crippen molar-refractivity contribution in [2.45, 2.75) is 0 Å². The molecule has 0 saturated carbocycles. The van der Waals surface area contributed by atoms with Crippen LogP contribution in [0.25, 0.3) is 0 Å². The number of thiol groups is 1. The molecule has 0 unspecified atom stereocenters. The van der Waals surface area contributed by atoms with Gasteiger partial charge in [-0.2, -0.15) is 0 Å². The van der Waals surface area contributed by atoms with Crippen LogP contribution in [0.15, 0.2) is 0 Å². The summed E-state index contributed by atoms with van der Waals surface area (Å²) in [7, 11) is -2.23. The van der Waals surface area contributed by atoms with E-state index in [-0.39, 0.29) is 11.6 Å². The highest BCUT2D eigenvalue weighted by molar-refractivity contribution is 7.72. The first kappa shape index (κ1) is 6.24. The minimum Gasteiger partial charge on any atom is -0.232 e. The molecule has 0 aromatic heterocycles. The summed E-state index contributed by atoms with van der Waals surface area (Å²) in [4.78, 5) is 0. The van der Waals surface area contributed by atoms with E-state index in [0.717, 1.165) is 0 Å². The first-order valence-electron chi connectivity index (χ1n) is 1.45. The lowest BCUT2D eigenvalue weighted by Gasteiger charge is -1.70. The highest BCUT2D eigenvalue weighted by Gasteiger charge is 1.77. The Morgan fingerprint density at radius 2 is 2.00 bits per heavy atom. The first-order chi connectivity index (χ1) is 2.77. The van der Waals surface area contributed by atoms with Crippen molar-refractivity contribution in [1.82, 2.24) is 0 Å². The predicted octanol–water partition coefficient (Wildman–Crippen LogP) is -0.163. The lowest BCUT2D eigenvalue weighted by Crippen LogP contribution is -1.85. The molecule has 4 heteroatoms. The van der Waals surface area contributed by atoms with Crippen LogP contribution in [0.2, 0.25) is 0 Å². The van der Waals surface area contributed by atoms with Crippen molar-refractivity contribution in [3.63, 3.8) is 0 Å². The Bertz CT molecular complexity index is 79.5. The predicted molar refractivity (Wildman–Crippen MR) is 25.9 cm³/mol. The minimum atomic E-state index is -2.23. The molecular weight excluding hydrogens is 124 g/mol. The summed E-state index contributed by atoms with van der Waals surface area (Å²) < 4.78 is 19.1. The van der Waals surface area contributed by atoms with Crippen LogP contribution in [0.5, 0.6) is 0 Å². The largest absolute Gasteiger partial charge is 0.232 e. The Kier molecular flexibility index (Phi) is 3.57. The van der Waals surface area contributed by atoms with Gasteiger partial charge in [0.05, 0.1) is 5.75 Å². The van der Waals surface area contributed by atoms with Crippen molar-refractivity contribution in [1.29, 1.82) is 0 Å². The van der Waals surface area contributed by atoms with Gasteiger partial charge in [-0.25, -0.2) is 8.42 Å². The average Bonchev–Trinajstić information content (AvgIpc) is 1.35. The number of alkyl halides is 1. The van der Waals surface area contributed by atoms with Crippen LogP contribution in [0.4, 0.5) is 0 Å². The van der Waals surface area contributed by atoms with Crippen molar-refractivity contribution in [3.8, 4) is 0 Å². The highest BCUT2D eigenvalue weighted by Crippen LogP contribution is 1.71. The van der Waals surface area contributed by atoms with Gasteiger partial charge in [-0.3, -0.25) is 0 Å². The van der Waals surface area contributed by atoms with E-state index < -0.39 is 10.7 Å². The Morgan fingerprint density at radius 1 is 1.50 bits per heavy atom. The second-order valence-electron chi connectivity index (χ2n) is 0.745. The fourth-order valence-electron chi connectivity index (χ4n) is 0.0690. The molecule has 0 fully saturated rings. The molecule has 0 heterocycles. The molecule has 0 radical (unpaired) electrons. The molecule has 38 valence electrons. The van der Waals surface area contributed by atoms with Crippen molar-refractivity contribution in [2.24, 2.45) is 0 Å². The summed E-state index contributed by atoms with van der Waals surface area (Å²) in [6, 6.07) is 0. The number of hydrogen-bond donors (Lipinski definition) is 1. The molecule has 2 nitrogen and oxygen atoms in total. The Balaban J connectivity index is 3.07. The molecule has 0 aliphatic rings. The molecule has 0 N–H and O–H groups in total. The van der Waals surface area contributed by atoms with Gasteiger partial charge in [0.2, 0.25) is 0 Å². The highest BCUT2D eigenvalue weighted by atomic mass is 35.5. The zero-order valence-electron chi connectivity index (χ0n) is 3.06. The van der Waals surface area contributed by atoms with E-state index in [1.54, 1.807) is 0 Å². The molecule has 0 aliphatic carbocycles. The van der Waals surface area contributed by atoms with Gasteiger partial charge >= 0.3 is 0 Å². The van der Waals surface area contributed by atoms with Gasteiger partial charge in [-0.15, -0.1) is 11.6 Å². The Morgan fingerprint density at radius 3 is 2.00 bits per heavy atom. The zero-order valence-corrected chi connectivity index (χ0v) is 4.71. The summed E-state index contributed by atoms with van der Waals surface area (Å²) in [6.45, 7) is 0. The maximum atomic E-state index is 9.55. The van der Waals surface area contributed by atoms with Crippen LogP contribution < -0.4 is 0 Å². The average molecular weight is 129 g/mol. The second kappa shape index (κ2) is 3.43. The van der Waals surface area contributed by atoms with E-state index in [1.807, 2.05) is 0 Å². The standard InChI is InChI=1S/C2H5ClO2S/c3-1-2-6(4)5/h6H,1-2H2. The third-order valence-electron chi connectivity index (χ3n) is 0.267. The van der Waals surface area contributed by atoms with Gasteiger partial charge in [0, 0.05) is 5.88 Å². The van der Waals surface area contributed by atoms with Gasteiger partial charge in [0.15, 0.2) is 0 Å². The smallest absolute Gasteiger partial charge is 0.141 e. The monoisotopic (exact) mass is 128 g/mol. The molecular formula is C2H5ClO2S. The summed E-state index contributed by atoms with van der Waals surface area (Å²) in [6.07, 6.45) is 0. The molecule has 0 rings (SSSR count). The molecule has 0 aromatic carbocycles. The zero-order chi connectivity index (χ0) is 4.99. The van der Waals surface area contributed by atoms with E-state index in [0.29, 0.717) is 0 Å². The Labute approximate surface area is 43.1 Å². The van der Waals surface area contributed by atoms with Crippen LogP contribution in [0.3, 0.4) is 0 Å². The van der Waals surface area contributed by atoms with Crippen molar-refractivity contribution < 1.29 is 8.42 Å². The maximum absolute atomic E-state index is 9.55. The Hall–Kier alpha value is 0.240. The van der Waals surface area contributed by atoms with Gasteiger partial charge in [0.1, 0.15) is 10.7 Å². The first-order valence-corrected chi connectivity index (χ1v) is 3.35. The van der Waals surface area contributed by atoms with Crippen LogP contribution in [-0.2, 0) is 10.7 Å².